The zero-order valence-corrected chi connectivity index (χ0v) is 13.3. The fourth-order valence-electron chi connectivity index (χ4n) is 1.97. The molecule has 1 amide bonds. The molecule has 1 heterocycles. The molecule has 114 valence electrons. The summed E-state index contributed by atoms with van der Waals surface area (Å²) >= 11 is 1.30. The van der Waals surface area contributed by atoms with Gasteiger partial charge in [0.25, 0.3) is 5.91 Å². The Hall–Kier alpha value is -1.34. The van der Waals surface area contributed by atoms with Gasteiger partial charge in [-0.25, -0.2) is 4.98 Å². The first-order valence-electron chi connectivity index (χ1n) is 6.89. The summed E-state index contributed by atoms with van der Waals surface area (Å²) in [5.74, 6) is 0.0326. The predicted octanol–water partition coefficient (Wildman–Crippen LogP) is 1.46. The molecule has 1 aromatic heterocycles. The minimum atomic E-state index is -0.449. The van der Waals surface area contributed by atoms with Crippen LogP contribution in [0, 0.1) is 0 Å². The molecule has 20 heavy (non-hydrogen) atoms. The maximum atomic E-state index is 12.1. The van der Waals surface area contributed by atoms with Gasteiger partial charge in [0.15, 0.2) is 5.13 Å². The van der Waals surface area contributed by atoms with Crippen molar-refractivity contribution in [1.82, 2.24) is 10.3 Å². The van der Waals surface area contributed by atoms with Crippen LogP contribution in [0.15, 0.2) is 0 Å². The van der Waals surface area contributed by atoms with Gasteiger partial charge < -0.3 is 21.1 Å². The average molecular weight is 300 g/mol. The van der Waals surface area contributed by atoms with Gasteiger partial charge in [0, 0.05) is 19.1 Å². The molecule has 0 aliphatic heterocycles. The van der Waals surface area contributed by atoms with E-state index in [2.05, 4.69) is 15.2 Å². The zero-order chi connectivity index (χ0) is 15.3. The highest BCUT2D eigenvalue weighted by Crippen LogP contribution is 2.28. The lowest BCUT2D eigenvalue weighted by atomic mass is 10.1. The van der Waals surface area contributed by atoms with Crippen LogP contribution in [-0.2, 0) is 0 Å². The van der Waals surface area contributed by atoms with Crippen LogP contribution in [0.3, 0.4) is 0 Å². The first kappa shape index (κ1) is 16.7. The second kappa shape index (κ2) is 7.44. The number of anilines is 2. The zero-order valence-electron chi connectivity index (χ0n) is 12.5. The van der Waals surface area contributed by atoms with Gasteiger partial charge in [0.2, 0.25) is 0 Å². The third-order valence-corrected chi connectivity index (χ3v) is 4.09. The SMILES string of the molecule is CCN(CC)c1nc(N)c(C(=O)NC(C)CC(C)O)s1. The van der Waals surface area contributed by atoms with E-state index in [1.807, 2.05) is 20.8 Å². The Bertz CT molecular complexity index is 444. The largest absolute Gasteiger partial charge is 0.393 e. The molecule has 1 aromatic rings. The van der Waals surface area contributed by atoms with Crippen LogP contribution in [0.4, 0.5) is 10.9 Å². The van der Waals surface area contributed by atoms with Gasteiger partial charge in [-0.15, -0.1) is 0 Å². The second-order valence-electron chi connectivity index (χ2n) is 4.84. The van der Waals surface area contributed by atoms with Crippen molar-refractivity contribution in [3.05, 3.63) is 4.88 Å². The van der Waals surface area contributed by atoms with Gasteiger partial charge >= 0.3 is 0 Å². The molecule has 7 heteroatoms. The van der Waals surface area contributed by atoms with Crippen molar-refractivity contribution >= 4 is 28.2 Å². The lowest BCUT2D eigenvalue weighted by Gasteiger charge is -2.16. The number of amides is 1. The standard InChI is InChI=1S/C13H24N4O2S/c1-5-17(6-2)13-16-11(14)10(20-13)12(19)15-8(3)7-9(4)18/h8-9,18H,5-7,14H2,1-4H3,(H,15,19). The van der Waals surface area contributed by atoms with E-state index < -0.39 is 6.10 Å². The molecule has 0 bridgehead atoms. The third kappa shape index (κ3) is 4.35. The summed E-state index contributed by atoms with van der Waals surface area (Å²) in [7, 11) is 0. The Balaban J connectivity index is 2.78. The maximum absolute atomic E-state index is 12.1. The van der Waals surface area contributed by atoms with E-state index in [1.54, 1.807) is 6.92 Å². The average Bonchev–Trinajstić information content (AvgIpc) is 2.71. The number of hydrogen-bond acceptors (Lipinski definition) is 6. The highest BCUT2D eigenvalue weighted by molar-refractivity contribution is 7.18. The fourth-order valence-corrected chi connectivity index (χ4v) is 2.99. The van der Waals surface area contributed by atoms with Crippen molar-refractivity contribution in [3.8, 4) is 0 Å². The van der Waals surface area contributed by atoms with Crippen LogP contribution in [-0.4, -0.2) is 41.2 Å². The number of nitrogens with zero attached hydrogens (tertiary/aromatic N) is 2. The molecule has 0 aliphatic rings. The quantitative estimate of drug-likeness (QED) is 0.709. The molecule has 0 radical (unpaired) electrons. The van der Waals surface area contributed by atoms with Crippen molar-refractivity contribution < 1.29 is 9.90 Å². The number of aromatic nitrogens is 1. The molecule has 0 aliphatic carbocycles. The first-order valence-corrected chi connectivity index (χ1v) is 7.70. The molecule has 2 atom stereocenters. The Morgan fingerprint density at radius 3 is 2.55 bits per heavy atom. The fraction of sp³-hybridized carbons (Fsp3) is 0.692. The monoisotopic (exact) mass is 300 g/mol. The van der Waals surface area contributed by atoms with Crippen LogP contribution >= 0.6 is 11.3 Å². The van der Waals surface area contributed by atoms with Crippen molar-refractivity contribution in [1.29, 1.82) is 0 Å². The number of carbonyl (C=O) groups excluding carboxylic acids is 1. The summed E-state index contributed by atoms with van der Waals surface area (Å²) in [5.41, 5.74) is 5.83. The molecule has 0 spiro atoms. The summed E-state index contributed by atoms with van der Waals surface area (Å²) < 4.78 is 0. The number of nitrogens with one attached hydrogen (secondary N) is 1. The normalized spacial score (nSPS) is 13.8. The van der Waals surface area contributed by atoms with Gasteiger partial charge in [-0.05, 0) is 34.1 Å². The number of rotatable bonds is 7. The van der Waals surface area contributed by atoms with Crippen molar-refractivity contribution in [2.45, 2.75) is 46.3 Å². The minimum Gasteiger partial charge on any atom is -0.393 e. The van der Waals surface area contributed by atoms with Gasteiger partial charge in [-0.1, -0.05) is 11.3 Å². The summed E-state index contributed by atoms with van der Waals surface area (Å²) in [4.78, 5) is 18.9. The van der Waals surface area contributed by atoms with Crippen LogP contribution in [0.25, 0.3) is 0 Å². The first-order chi connectivity index (χ1) is 9.38. The van der Waals surface area contributed by atoms with E-state index in [0.29, 0.717) is 11.3 Å². The Morgan fingerprint density at radius 1 is 1.45 bits per heavy atom. The van der Waals surface area contributed by atoms with Crippen molar-refractivity contribution in [2.24, 2.45) is 0 Å². The molecule has 1 rings (SSSR count). The number of aliphatic hydroxyl groups excluding tert-OH is 1. The predicted molar refractivity (Wildman–Crippen MR) is 83.3 cm³/mol. The lowest BCUT2D eigenvalue weighted by molar-refractivity contribution is 0.0928. The van der Waals surface area contributed by atoms with Gasteiger partial charge in [0.05, 0.1) is 6.10 Å². The van der Waals surface area contributed by atoms with E-state index in [4.69, 9.17) is 5.73 Å². The molecule has 0 aromatic carbocycles. The topological polar surface area (TPSA) is 91.5 Å². The molecule has 6 nitrogen and oxygen atoms in total. The van der Waals surface area contributed by atoms with E-state index >= 15 is 0 Å². The molecule has 2 unspecified atom stereocenters. The van der Waals surface area contributed by atoms with E-state index in [0.717, 1.165) is 18.2 Å². The third-order valence-electron chi connectivity index (χ3n) is 2.95. The Labute approximate surface area is 124 Å². The van der Waals surface area contributed by atoms with Crippen LogP contribution in [0.1, 0.15) is 43.8 Å². The number of nitrogen functional groups attached to an aromatic ring is 1. The van der Waals surface area contributed by atoms with E-state index in [1.165, 1.54) is 11.3 Å². The molecule has 0 saturated heterocycles. The number of nitrogens with two attached hydrogens (primary N) is 1. The highest BCUT2D eigenvalue weighted by atomic mass is 32.1. The number of carbonyl (C=O) groups is 1. The van der Waals surface area contributed by atoms with Gasteiger partial charge in [0.1, 0.15) is 10.7 Å². The van der Waals surface area contributed by atoms with E-state index in [-0.39, 0.29) is 17.8 Å². The van der Waals surface area contributed by atoms with Crippen molar-refractivity contribution in [2.75, 3.05) is 23.7 Å². The molecule has 0 saturated carbocycles. The maximum Gasteiger partial charge on any atom is 0.265 e. The molecular weight excluding hydrogens is 276 g/mol. The second-order valence-corrected chi connectivity index (χ2v) is 5.82. The molecular formula is C13H24N4O2S. The molecule has 4 N–H and O–H groups in total. The highest BCUT2D eigenvalue weighted by Gasteiger charge is 2.20. The van der Waals surface area contributed by atoms with Crippen LogP contribution in [0.5, 0.6) is 0 Å². The van der Waals surface area contributed by atoms with Gasteiger partial charge in [-0.3, -0.25) is 4.79 Å². The van der Waals surface area contributed by atoms with Crippen LogP contribution < -0.4 is 16.0 Å². The van der Waals surface area contributed by atoms with Crippen LogP contribution in [0.2, 0.25) is 0 Å². The molecule has 0 fully saturated rings. The van der Waals surface area contributed by atoms with E-state index in [9.17, 15) is 9.90 Å². The van der Waals surface area contributed by atoms with Gasteiger partial charge in [-0.2, -0.15) is 0 Å². The number of hydrogen-bond donors (Lipinski definition) is 3. The number of aliphatic hydroxyl groups is 1. The Kier molecular flexibility index (Phi) is 6.22. The Morgan fingerprint density at radius 2 is 2.05 bits per heavy atom. The summed E-state index contributed by atoms with van der Waals surface area (Å²) in [6.45, 7) is 9.26. The summed E-state index contributed by atoms with van der Waals surface area (Å²) in [5, 5.41) is 12.9. The minimum absolute atomic E-state index is 0.110. The summed E-state index contributed by atoms with van der Waals surface area (Å²) in [6, 6.07) is -0.110. The lowest BCUT2D eigenvalue weighted by Crippen LogP contribution is -2.34. The van der Waals surface area contributed by atoms with Crippen molar-refractivity contribution in [3.63, 3.8) is 0 Å². The number of thiazole rings is 1. The smallest absolute Gasteiger partial charge is 0.265 e. The summed E-state index contributed by atoms with van der Waals surface area (Å²) in [6.07, 6.45) is 0.0585.